The van der Waals surface area contributed by atoms with Crippen molar-refractivity contribution in [3.63, 3.8) is 0 Å². The predicted octanol–water partition coefficient (Wildman–Crippen LogP) is 2.25. The molecule has 1 amide bonds. The van der Waals surface area contributed by atoms with Gasteiger partial charge in [0.15, 0.2) is 0 Å². The first-order chi connectivity index (χ1) is 9.01. The van der Waals surface area contributed by atoms with E-state index in [9.17, 15) is 4.79 Å². The molecule has 0 atom stereocenters. The third-order valence-electron chi connectivity index (χ3n) is 2.62. The van der Waals surface area contributed by atoms with Crippen molar-refractivity contribution < 1.29 is 18.1 Å². The van der Waals surface area contributed by atoms with Crippen LogP contribution in [0.25, 0.3) is 0 Å². The van der Waals surface area contributed by atoms with Crippen LogP contribution in [0, 0.1) is 0 Å². The van der Waals surface area contributed by atoms with Crippen LogP contribution in [0.4, 0.5) is 0 Å². The summed E-state index contributed by atoms with van der Waals surface area (Å²) in [5.41, 5.74) is 5.77. The van der Waals surface area contributed by atoms with Crippen LogP contribution in [0.2, 0.25) is 6.04 Å². The molecule has 0 aromatic heterocycles. The molecule has 0 spiro atoms. The van der Waals surface area contributed by atoms with E-state index in [1.165, 1.54) is 0 Å². The van der Waals surface area contributed by atoms with Crippen molar-refractivity contribution in [2.24, 2.45) is 5.73 Å². The maximum Gasteiger partial charge on any atom is 0.500 e. The van der Waals surface area contributed by atoms with Gasteiger partial charge in [-0.1, -0.05) is 6.08 Å². The van der Waals surface area contributed by atoms with E-state index >= 15 is 0 Å². The summed E-state index contributed by atoms with van der Waals surface area (Å²) in [5.74, 6) is -0.372. The highest BCUT2D eigenvalue weighted by Crippen LogP contribution is 2.19. The zero-order chi connectivity index (χ0) is 14.7. The second kappa shape index (κ2) is 10.1. The van der Waals surface area contributed by atoms with Gasteiger partial charge in [-0.05, 0) is 40.5 Å². The molecule has 0 saturated carbocycles. The van der Waals surface area contributed by atoms with Crippen LogP contribution in [0.15, 0.2) is 11.6 Å². The Kier molecular flexibility index (Phi) is 9.77. The van der Waals surface area contributed by atoms with Gasteiger partial charge in [0.2, 0.25) is 5.91 Å². The lowest BCUT2D eigenvalue weighted by atomic mass is 10.2. The summed E-state index contributed by atoms with van der Waals surface area (Å²) in [7, 11) is -2.54. The lowest BCUT2D eigenvalue weighted by Crippen LogP contribution is -2.45. The molecule has 112 valence electrons. The van der Waals surface area contributed by atoms with Crippen LogP contribution in [0.5, 0.6) is 0 Å². The maximum atomic E-state index is 10.9. The summed E-state index contributed by atoms with van der Waals surface area (Å²) >= 11 is 0. The number of carbonyl (C=O) groups is 1. The van der Waals surface area contributed by atoms with Crippen molar-refractivity contribution in [2.75, 3.05) is 19.8 Å². The normalized spacial score (nSPS) is 12.7. The molecule has 0 bridgehead atoms. The minimum atomic E-state index is -2.54. The summed E-state index contributed by atoms with van der Waals surface area (Å²) in [4.78, 5) is 10.9. The highest BCUT2D eigenvalue weighted by atomic mass is 28.4. The Morgan fingerprint density at radius 3 is 1.95 bits per heavy atom. The topological polar surface area (TPSA) is 70.8 Å². The molecule has 2 N–H and O–H groups in total. The van der Waals surface area contributed by atoms with Gasteiger partial charge in [0.1, 0.15) is 0 Å². The Labute approximate surface area is 117 Å². The van der Waals surface area contributed by atoms with Gasteiger partial charge in [-0.15, -0.1) is 0 Å². The minimum Gasteiger partial charge on any atom is -0.374 e. The van der Waals surface area contributed by atoms with E-state index in [1.54, 1.807) is 6.92 Å². The van der Waals surface area contributed by atoms with E-state index in [2.05, 4.69) is 0 Å². The Bertz CT molecular complexity index is 277. The third-order valence-corrected chi connectivity index (χ3v) is 5.77. The number of primary amides is 1. The van der Waals surface area contributed by atoms with Gasteiger partial charge in [0, 0.05) is 31.4 Å². The number of unbranched alkanes of at least 4 members (excludes halogenated alkanes) is 1. The lowest BCUT2D eigenvalue weighted by molar-refractivity contribution is -0.114. The van der Waals surface area contributed by atoms with Gasteiger partial charge < -0.3 is 19.0 Å². The van der Waals surface area contributed by atoms with Crippen LogP contribution >= 0.6 is 0 Å². The van der Waals surface area contributed by atoms with Crippen molar-refractivity contribution in [2.45, 2.75) is 46.6 Å². The smallest absolute Gasteiger partial charge is 0.374 e. The molecule has 0 aromatic carbocycles. The van der Waals surface area contributed by atoms with Gasteiger partial charge in [-0.25, -0.2) is 0 Å². The quantitative estimate of drug-likeness (QED) is 0.360. The molecule has 0 aromatic rings. The first-order valence-corrected chi connectivity index (χ1v) is 8.82. The fourth-order valence-electron chi connectivity index (χ4n) is 1.74. The monoisotopic (exact) mass is 289 g/mol. The van der Waals surface area contributed by atoms with Crippen LogP contribution in [-0.2, 0) is 18.1 Å². The molecule has 0 rings (SSSR count). The number of carbonyl (C=O) groups excluding carboxylic acids is 1. The van der Waals surface area contributed by atoms with Crippen molar-refractivity contribution in [1.29, 1.82) is 0 Å². The van der Waals surface area contributed by atoms with E-state index in [-0.39, 0.29) is 5.91 Å². The maximum absolute atomic E-state index is 10.9. The number of rotatable bonds is 11. The van der Waals surface area contributed by atoms with Crippen LogP contribution < -0.4 is 5.73 Å². The summed E-state index contributed by atoms with van der Waals surface area (Å²) in [5, 5.41) is 0. The zero-order valence-electron chi connectivity index (χ0n) is 12.5. The molecule has 19 heavy (non-hydrogen) atoms. The largest absolute Gasteiger partial charge is 0.500 e. The van der Waals surface area contributed by atoms with Gasteiger partial charge in [0.05, 0.1) is 0 Å². The highest BCUT2D eigenvalue weighted by Gasteiger charge is 2.39. The number of hydrogen-bond donors (Lipinski definition) is 1. The fourth-order valence-corrected chi connectivity index (χ4v) is 4.38. The third kappa shape index (κ3) is 7.46. The number of allylic oxidation sites excluding steroid dienone is 1. The van der Waals surface area contributed by atoms with Gasteiger partial charge in [0.25, 0.3) is 0 Å². The van der Waals surface area contributed by atoms with Gasteiger partial charge >= 0.3 is 8.80 Å². The second-order valence-electron chi connectivity index (χ2n) is 4.13. The van der Waals surface area contributed by atoms with E-state index in [1.807, 2.05) is 26.8 Å². The number of amides is 1. The Morgan fingerprint density at radius 2 is 1.58 bits per heavy atom. The molecular weight excluding hydrogens is 262 g/mol. The molecule has 0 aliphatic carbocycles. The van der Waals surface area contributed by atoms with Crippen LogP contribution in [0.3, 0.4) is 0 Å². The van der Waals surface area contributed by atoms with Crippen LogP contribution in [-0.4, -0.2) is 34.5 Å². The van der Waals surface area contributed by atoms with E-state index in [0.717, 1.165) is 18.9 Å². The number of hydrogen-bond acceptors (Lipinski definition) is 4. The Hall–Kier alpha value is -0.693. The van der Waals surface area contributed by atoms with Crippen molar-refractivity contribution in [3.05, 3.63) is 11.6 Å². The molecular formula is C13H27NO4Si. The minimum absolute atomic E-state index is 0.372. The lowest BCUT2D eigenvalue weighted by Gasteiger charge is -2.28. The summed E-state index contributed by atoms with van der Waals surface area (Å²) in [6.07, 6.45) is 3.49. The van der Waals surface area contributed by atoms with Crippen molar-refractivity contribution in [1.82, 2.24) is 0 Å². The van der Waals surface area contributed by atoms with Gasteiger partial charge in [-0.3, -0.25) is 4.79 Å². The molecule has 0 aliphatic heterocycles. The van der Waals surface area contributed by atoms with Crippen molar-refractivity contribution in [3.8, 4) is 0 Å². The molecule has 0 fully saturated rings. The SMILES string of the molecule is CCO[Si](CCCC=C(C)C(N)=O)(OCC)OCC. The molecule has 0 unspecified atom stereocenters. The summed E-state index contributed by atoms with van der Waals surface area (Å²) in [6.45, 7) is 9.30. The predicted molar refractivity (Wildman–Crippen MR) is 77.6 cm³/mol. The Balaban J connectivity index is 4.39. The second-order valence-corrected chi connectivity index (χ2v) is 6.86. The molecule has 0 saturated heterocycles. The summed E-state index contributed by atoms with van der Waals surface area (Å²) in [6, 6.07) is 0.755. The zero-order valence-corrected chi connectivity index (χ0v) is 13.5. The average molecular weight is 289 g/mol. The van der Waals surface area contributed by atoms with E-state index in [4.69, 9.17) is 19.0 Å². The first-order valence-electron chi connectivity index (χ1n) is 6.89. The number of nitrogens with two attached hydrogens (primary N) is 1. The highest BCUT2D eigenvalue weighted by molar-refractivity contribution is 6.60. The van der Waals surface area contributed by atoms with E-state index < -0.39 is 8.80 Å². The summed E-state index contributed by atoms with van der Waals surface area (Å²) < 4.78 is 17.2. The average Bonchev–Trinajstić information content (AvgIpc) is 2.35. The fraction of sp³-hybridized carbons (Fsp3) is 0.769. The van der Waals surface area contributed by atoms with Crippen molar-refractivity contribution >= 4 is 14.7 Å². The molecule has 6 heteroatoms. The molecule has 0 aliphatic rings. The molecule has 0 heterocycles. The molecule has 5 nitrogen and oxygen atoms in total. The standard InChI is InChI=1S/C13H27NO4Si/c1-5-16-19(17-6-2,18-7-3)11-9-8-10-12(4)13(14)15/h10H,5-9,11H2,1-4H3,(H2,14,15). The molecule has 0 radical (unpaired) electrons. The Morgan fingerprint density at radius 1 is 1.11 bits per heavy atom. The van der Waals surface area contributed by atoms with E-state index in [0.29, 0.717) is 25.4 Å². The van der Waals surface area contributed by atoms with Crippen LogP contribution in [0.1, 0.15) is 40.5 Å². The first kappa shape index (κ1) is 18.3. The van der Waals surface area contributed by atoms with Gasteiger partial charge in [-0.2, -0.15) is 0 Å².